The second-order valence-corrected chi connectivity index (χ2v) is 6.34. The first-order valence-electron chi connectivity index (χ1n) is 7.58. The van der Waals surface area contributed by atoms with Crippen molar-refractivity contribution in [1.82, 2.24) is 15.1 Å². The molecule has 2 heterocycles. The molecule has 1 N–H and O–H groups in total. The van der Waals surface area contributed by atoms with Crippen LogP contribution in [0.3, 0.4) is 0 Å². The van der Waals surface area contributed by atoms with E-state index in [1.807, 2.05) is 29.2 Å². The SMILES string of the molecule is CC(=O)N1CC(C(=O)N2CCNC(c3ccccc3Cl)C2)C1. The Hall–Kier alpha value is -1.59. The van der Waals surface area contributed by atoms with Crippen molar-refractivity contribution in [2.75, 3.05) is 32.7 Å². The standard InChI is InChI=1S/C16H20ClN3O2/c1-11(21)20-8-12(9-20)16(22)19-7-6-18-15(10-19)13-4-2-3-5-14(13)17/h2-5,12,15,18H,6-10H2,1H3. The van der Waals surface area contributed by atoms with Crippen LogP contribution in [0.5, 0.6) is 0 Å². The number of nitrogens with one attached hydrogen (secondary N) is 1. The number of amides is 2. The van der Waals surface area contributed by atoms with Crippen molar-refractivity contribution in [2.45, 2.75) is 13.0 Å². The lowest BCUT2D eigenvalue weighted by Gasteiger charge is -2.42. The molecule has 118 valence electrons. The summed E-state index contributed by atoms with van der Waals surface area (Å²) in [6, 6.07) is 7.79. The first-order chi connectivity index (χ1) is 10.6. The van der Waals surface area contributed by atoms with Crippen molar-refractivity contribution in [2.24, 2.45) is 5.92 Å². The second kappa shape index (κ2) is 6.26. The summed E-state index contributed by atoms with van der Waals surface area (Å²) in [6.45, 7) is 4.73. The topological polar surface area (TPSA) is 52.7 Å². The van der Waals surface area contributed by atoms with Gasteiger partial charge in [-0.1, -0.05) is 29.8 Å². The molecule has 1 atom stereocenters. The van der Waals surface area contributed by atoms with Crippen LogP contribution < -0.4 is 5.32 Å². The maximum atomic E-state index is 12.5. The van der Waals surface area contributed by atoms with Gasteiger partial charge in [-0.05, 0) is 11.6 Å². The summed E-state index contributed by atoms with van der Waals surface area (Å²) in [4.78, 5) is 27.4. The normalized spacial score (nSPS) is 22.4. The number of likely N-dealkylation sites (tertiary alicyclic amines) is 1. The van der Waals surface area contributed by atoms with E-state index >= 15 is 0 Å². The van der Waals surface area contributed by atoms with Crippen LogP contribution in [-0.2, 0) is 9.59 Å². The number of benzene rings is 1. The number of rotatable bonds is 2. The molecule has 2 amide bonds. The highest BCUT2D eigenvalue weighted by molar-refractivity contribution is 6.31. The first kappa shape index (κ1) is 15.3. The van der Waals surface area contributed by atoms with E-state index in [0.29, 0.717) is 26.2 Å². The minimum Gasteiger partial charge on any atom is -0.341 e. The van der Waals surface area contributed by atoms with Crippen molar-refractivity contribution in [3.8, 4) is 0 Å². The number of nitrogens with zero attached hydrogens (tertiary/aromatic N) is 2. The molecule has 22 heavy (non-hydrogen) atoms. The van der Waals surface area contributed by atoms with Gasteiger partial charge in [-0.25, -0.2) is 0 Å². The van der Waals surface area contributed by atoms with Crippen LogP contribution >= 0.6 is 11.6 Å². The van der Waals surface area contributed by atoms with Crippen LogP contribution in [0.25, 0.3) is 0 Å². The molecule has 0 radical (unpaired) electrons. The average molecular weight is 322 g/mol. The zero-order valence-electron chi connectivity index (χ0n) is 12.6. The molecular weight excluding hydrogens is 302 g/mol. The molecule has 0 aromatic heterocycles. The number of hydrogen-bond acceptors (Lipinski definition) is 3. The van der Waals surface area contributed by atoms with Gasteiger partial charge in [-0.3, -0.25) is 9.59 Å². The smallest absolute Gasteiger partial charge is 0.229 e. The van der Waals surface area contributed by atoms with E-state index in [2.05, 4.69) is 5.32 Å². The summed E-state index contributed by atoms with van der Waals surface area (Å²) in [5.41, 5.74) is 1.03. The molecule has 2 fully saturated rings. The van der Waals surface area contributed by atoms with Crippen LogP contribution in [0.4, 0.5) is 0 Å². The molecule has 1 unspecified atom stereocenters. The predicted molar refractivity (Wildman–Crippen MR) is 84.5 cm³/mol. The van der Waals surface area contributed by atoms with E-state index in [-0.39, 0.29) is 23.8 Å². The van der Waals surface area contributed by atoms with E-state index in [4.69, 9.17) is 11.6 Å². The molecule has 0 aliphatic carbocycles. The Kier molecular flexibility index (Phi) is 4.36. The van der Waals surface area contributed by atoms with E-state index in [0.717, 1.165) is 17.1 Å². The third-order valence-electron chi connectivity index (χ3n) is 4.44. The lowest BCUT2D eigenvalue weighted by molar-refractivity contribution is -0.148. The highest BCUT2D eigenvalue weighted by Gasteiger charge is 2.38. The molecule has 0 bridgehead atoms. The summed E-state index contributed by atoms with van der Waals surface area (Å²) < 4.78 is 0. The van der Waals surface area contributed by atoms with Gasteiger partial charge in [0, 0.05) is 44.7 Å². The molecular formula is C16H20ClN3O2. The Balaban J connectivity index is 1.63. The van der Waals surface area contributed by atoms with Gasteiger partial charge in [0.25, 0.3) is 0 Å². The van der Waals surface area contributed by atoms with Gasteiger partial charge in [-0.2, -0.15) is 0 Å². The minimum absolute atomic E-state index is 0.0401. The van der Waals surface area contributed by atoms with Gasteiger partial charge >= 0.3 is 0 Å². The first-order valence-corrected chi connectivity index (χ1v) is 7.96. The number of hydrogen-bond donors (Lipinski definition) is 1. The molecule has 1 aromatic carbocycles. The molecule has 6 heteroatoms. The van der Waals surface area contributed by atoms with Crippen molar-refractivity contribution in [1.29, 1.82) is 0 Å². The van der Waals surface area contributed by atoms with Gasteiger partial charge in [0.05, 0.1) is 12.0 Å². The Morgan fingerprint density at radius 2 is 1.91 bits per heavy atom. The Bertz CT molecular complexity index is 587. The van der Waals surface area contributed by atoms with E-state index < -0.39 is 0 Å². The molecule has 2 aliphatic rings. The van der Waals surface area contributed by atoms with Gasteiger partial charge < -0.3 is 15.1 Å². The molecule has 3 rings (SSSR count). The highest BCUT2D eigenvalue weighted by Crippen LogP contribution is 2.26. The molecule has 5 nitrogen and oxygen atoms in total. The Labute approximate surface area is 135 Å². The largest absolute Gasteiger partial charge is 0.341 e. The lowest BCUT2D eigenvalue weighted by atomic mass is 9.96. The Morgan fingerprint density at radius 3 is 2.59 bits per heavy atom. The van der Waals surface area contributed by atoms with E-state index in [1.54, 1.807) is 11.8 Å². The fourth-order valence-corrected chi connectivity index (χ4v) is 3.33. The lowest BCUT2D eigenvalue weighted by Crippen LogP contribution is -2.58. The monoisotopic (exact) mass is 321 g/mol. The third kappa shape index (κ3) is 2.96. The van der Waals surface area contributed by atoms with Crippen molar-refractivity contribution in [3.05, 3.63) is 34.9 Å². The fourth-order valence-electron chi connectivity index (χ4n) is 3.07. The maximum absolute atomic E-state index is 12.5. The molecule has 0 spiro atoms. The van der Waals surface area contributed by atoms with Crippen molar-refractivity contribution >= 4 is 23.4 Å². The molecule has 2 saturated heterocycles. The quantitative estimate of drug-likeness (QED) is 0.893. The third-order valence-corrected chi connectivity index (χ3v) is 4.79. The summed E-state index contributed by atoms with van der Waals surface area (Å²) in [5.74, 6) is 0.142. The summed E-state index contributed by atoms with van der Waals surface area (Å²) in [5, 5.41) is 4.14. The predicted octanol–water partition coefficient (Wildman–Crippen LogP) is 1.29. The maximum Gasteiger partial charge on any atom is 0.229 e. The second-order valence-electron chi connectivity index (χ2n) is 5.93. The Morgan fingerprint density at radius 1 is 1.18 bits per heavy atom. The average Bonchev–Trinajstić information content (AvgIpc) is 2.46. The van der Waals surface area contributed by atoms with Crippen molar-refractivity contribution in [3.63, 3.8) is 0 Å². The van der Waals surface area contributed by atoms with Crippen LogP contribution in [0.15, 0.2) is 24.3 Å². The van der Waals surface area contributed by atoms with Gasteiger partial charge in [0.15, 0.2) is 0 Å². The van der Waals surface area contributed by atoms with E-state index in [9.17, 15) is 9.59 Å². The van der Waals surface area contributed by atoms with Crippen molar-refractivity contribution < 1.29 is 9.59 Å². The minimum atomic E-state index is -0.0473. The summed E-state index contributed by atoms with van der Waals surface area (Å²) in [6.07, 6.45) is 0. The number of carbonyl (C=O) groups is 2. The summed E-state index contributed by atoms with van der Waals surface area (Å²) in [7, 11) is 0. The van der Waals surface area contributed by atoms with Gasteiger partial charge in [-0.15, -0.1) is 0 Å². The van der Waals surface area contributed by atoms with Gasteiger partial charge in [0.1, 0.15) is 0 Å². The van der Waals surface area contributed by atoms with Crippen LogP contribution in [0.2, 0.25) is 5.02 Å². The van der Waals surface area contributed by atoms with Crippen LogP contribution in [0, 0.1) is 5.92 Å². The van der Waals surface area contributed by atoms with E-state index in [1.165, 1.54) is 0 Å². The van der Waals surface area contributed by atoms with Crippen LogP contribution in [0.1, 0.15) is 18.5 Å². The highest BCUT2D eigenvalue weighted by atomic mass is 35.5. The molecule has 1 aromatic rings. The number of piperazine rings is 1. The summed E-state index contributed by atoms with van der Waals surface area (Å²) >= 11 is 6.25. The number of halogens is 1. The molecule has 0 saturated carbocycles. The van der Waals surface area contributed by atoms with Gasteiger partial charge in [0.2, 0.25) is 11.8 Å². The zero-order valence-corrected chi connectivity index (χ0v) is 13.3. The zero-order chi connectivity index (χ0) is 15.7. The molecule has 2 aliphatic heterocycles. The number of carbonyl (C=O) groups excluding carboxylic acids is 2. The fraction of sp³-hybridized carbons (Fsp3) is 0.500. The van der Waals surface area contributed by atoms with Crippen LogP contribution in [-0.4, -0.2) is 54.3 Å².